The summed E-state index contributed by atoms with van der Waals surface area (Å²) >= 11 is 0. The maximum atomic E-state index is 12.4. The Morgan fingerprint density at radius 1 is 1.15 bits per heavy atom. The van der Waals surface area contributed by atoms with Gasteiger partial charge in [0.05, 0.1) is 5.71 Å². The van der Waals surface area contributed by atoms with Crippen LogP contribution in [0.15, 0.2) is 16.8 Å². The van der Waals surface area contributed by atoms with Crippen molar-refractivity contribution in [3.8, 4) is 12.3 Å². The van der Waals surface area contributed by atoms with E-state index in [4.69, 9.17) is 16.4 Å². The minimum Gasteiger partial charge on any atom is -0.480 e. The van der Waals surface area contributed by atoms with Gasteiger partial charge < -0.3 is 25.7 Å². The number of rotatable bonds is 8. The summed E-state index contributed by atoms with van der Waals surface area (Å²) in [4.78, 5) is 40.8. The number of carbonyl (C=O) groups is 3. The molecule has 0 radical (unpaired) electrons. The summed E-state index contributed by atoms with van der Waals surface area (Å²) in [6.45, 7) is 7.28. The molecule has 4 N–H and O–H groups in total. The molecule has 0 aliphatic heterocycles. The number of aliphatic carboxylic acids is 1. The molecule has 9 heteroatoms. The van der Waals surface area contributed by atoms with Gasteiger partial charge in [-0.2, -0.15) is 0 Å². The van der Waals surface area contributed by atoms with E-state index in [0.29, 0.717) is 24.2 Å². The molecule has 0 unspecified atom stereocenters. The number of allylic oxidation sites excluding steroid dienone is 2. The lowest BCUT2D eigenvalue weighted by molar-refractivity contribution is -0.138. The van der Waals surface area contributed by atoms with Crippen LogP contribution in [-0.4, -0.2) is 58.5 Å². The Morgan fingerprint density at radius 2 is 1.87 bits per heavy atom. The zero-order valence-electron chi connectivity index (χ0n) is 23.6. The Balaban J connectivity index is 1.36. The van der Waals surface area contributed by atoms with E-state index in [1.807, 2.05) is 0 Å². The average Bonchev–Trinajstić information content (AvgIpc) is 3.16. The van der Waals surface area contributed by atoms with E-state index in [9.17, 15) is 19.5 Å². The monoisotopic (exact) mass is 541 g/mol. The van der Waals surface area contributed by atoms with Crippen LogP contribution >= 0.6 is 0 Å². The molecular weight excluding hydrogens is 498 g/mol. The average molecular weight is 542 g/mol. The molecule has 39 heavy (non-hydrogen) atoms. The first-order chi connectivity index (χ1) is 18.3. The molecule has 7 atom stereocenters. The second kappa shape index (κ2) is 11.0. The van der Waals surface area contributed by atoms with Crippen LogP contribution in [0.5, 0.6) is 0 Å². The number of nitrogens with zero attached hydrogens (tertiary/aromatic N) is 1. The summed E-state index contributed by atoms with van der Waals surface area (Å²) < 4.78 is 0. The summed E-state index contributed by atoms with van der Waals surface area (Å²) in [5.41, 5.74) is 1.10. The maximum Gasteiger partial charge on any atom is 0.322 e. The highest BCUT2D eigenvalue weighted by Crippen LogP contribution is 2.67. The molecule has 2 amide bonds. The third kappa shape index (κ3) is 5.32. The van der Waals surface area contributed by atoms with Crippen molar-refractivity contribution >= 4 is 23.5 Å². The molecule has 3 fully saturated rings. The van der Waals surface area contributed by atoms with Gasteiger partial charge in [0.15, 0.2) is 6.61 Å². The van der Waals surface area contributed by atoms with Gasteiger partial charge in [0.25, 0.3) is 5.91 Å². The van der Waals surface area contributed by atoms with E-state index in [1.54, 1.807) is 13.8 Å². The van der Waals surface area contributed by atoms with E-state index >= 15 is 0 Å². The number of carbonyl (C=O) groups excluding carboxylic acids is 2. The van der Waals surface area contributed by atoms with Crippen molar-refractivity contribution in [3.05, 3.63) is 11.6 Å². The zero-order valence-corrected chi connectivity index (χ0v) is 23.6. The van der Waals surface area contributed by atoms with E-state index < -0.39 is 36.0 Å². The number of fused-ring (bicyclic) bond motifs is 5. The molecule has 0 aromatic heterocycles. The molecular formula is C30H43N3O6. The zero-order chi connectivity index (χ0) is 28.6. The van der Waals surface area contributed by atoms with E-state index in [0.717, 1.165) is 50.7 Å². The molecule has 0 aromatic carbocycles. The Kier molecular flexibility index (Phi) is 8.18. The van der Waals surface area contributed by atoms with Gasteiger partial charge in [0.2, 0.25) is 5.91 Å². The first-order valence-electron chi connectivity index (χ1n) is 14.2. The Labute approximate surface area is 231 Å². The third-order valence-electron chi connectivity index (χ3n) is 10.4. The summed E-state index contributed by atoms with van der Waals surface area (Å²) in [6.07, 6.45) is 15.5. The van der Waals surface area contributed by atoms with Crippen LogP contribution in [0.25, 0.3) is 0 Å². The molecule has 0 bridgehead atoms. The van der Waals surface area contributed by atoms with Crippen LogP contribution in [-0.2, 0) is 19.2 Å². The number of hydrogen-bond donors (Lipinski definition) is 4. The van der Waals surface area contributed by atoms with Crippen molar-refractivity contribution in [1.82, 2.24) is 10.6 Å². The van der Waals surface area contributed by atoms with Crippen LogP contribution in [0.4, 0.5) is 0 Å². The molecule has 0 heterocycles. The van der Waals surface area contributed by atoms with Crippen molar-refractivity contribution in [3.63, 3.8) is 0 Å². The van der Waals surface area contributed by atoms with Gasteiger partial charge >= 0.3 is 5.97 Å². The lowest BCUT2D eigenvalue weighted by atomic mass is 9.46. The summed E-state index contributed by atoms with van der Waals surface area (Å²) in [7, 11) is 0. The van der Waals surface area contributed by atoms with Crippen LogP contribution in [0, 0.1) is 46.8 Å². The van der Waals surface area contributed by atoms with Crippen LogP contribution in [0.1, 0.15) is 79.1 Å². The van der Waals surface area contributed by atoms with Crippen LogP contribution < -0.4 is 10.6 Å². The second-order valence-electron chi connectivity index (χ2n) is 12.8. The smallest absolute Gasteiger partial charge is 0.322 e. The lowest BCUT2D eigenvalue weighted by Gasteiger charge is -2.58. The van der Waals surface area contributed by atoms with E-state index in [2.05, 4.69) is 41.6 Å². The fraction of sp³-hybridized carbons (Fsp3) is 0.733. The Hall–Kier alpha value is -2.86. The lowest BCUT2D eigenvalue weighted by Crippen LogP contribution is -2.54. The highest BCUT2D eigenvalue weighted by Gasteiger charge is 2.63. The standard InChI is InChI=1S/C30H43N3O6/c1-6-30(38)14-11-23-21-8-7-19-15-20(9-12-28(19,4)22(21)10-13-29(23,30)5)33-39-17-24(34)32-26(18(2)3)27(37)31-16-25(35)36/h1,15,18,21-23,26,38H,7-14,16-17H2,2-5H3,(H,31,37)(H,32,34)(H,35,36)/b33-20-/t21-,22+,23+,26-,28+,29+,30-/m1/s1. The third-order valence-corrected chi connectivity index (χ3v) is 10.4. The minimum absolute atomic E-state index is 0.0886. The van der Waals surface area contributed by atoms with Crippen LogP contribution in [0.3, 0.4) is 0 Å². The number of carboxylic acids is 1. The number of nitrogens with one attached hydrogen (secondary N) is 2. The largest absolute Gasteiger partial charge is 0.480 e. The SMILES string of the molecule is C#C[C@@]1(O)CC[C@H]2[C@@H]3CCC4=C/C(=N\OCC(=O)N[C@@H](C(=O)NCC(=O)O)C(C)C)CC[C@]4(C)[C@H]3CC[C@@]21C. The van der Waals surface area contributed by atoms with Crippen molar-refractivity contribution in [1.29, 1.82) is 0 Å². The van der Waals surface area contributed by atoms with Gasteiger partial charge in [0, 0.05) is 5.41 Å². The molecule has 0 saturated heterocycles. The topological polar surface area (TPSA) is 137 Å². The molecule has 4 aliphatic rings. The molecule has 4 aliphatic carbocycles. The van der Waals surface area contributed by atoms with E-state index in [1.165, 1.54) is 5.57 Å². The predicted molar refractivity (Wildman–Crippen MR) is 146 cm³/mol. The summed E-state index contributed by atoms with van der Waals surface area (Å²) in [6, 6.07) is -0.866. The minimum atomic E-state index is -1.15. The highest BCUT2D eigenvalue weighted by atomic mass is 16.6. The van der Waals surface area contributed by atoms with Crippen molar-refractivity contribution in [2.45, 2.75) is 90.7 Å². The fourth-order valence-corrected chi connectivity index (χ4v) is 8.09. The number of amides is 2. The summed E-state index contributed by atoms with van der Waals surface area (Å²) in [5, 5.41) is 29.1. The first-order valence-corrected chi connectivity index (χ1v) is 14.2. The van der Waals surface area contributed by atoms with Gasteiger partial charge in [-0.3, -0.25) is 14.4 Å². The predicted octanol–water partition coefficient (Wildman–Crippen LogP) is 3.03. The number of terminal acetylenes is 1. The van der Waals surface area contributed by atoms with Crippen molar-refractivity contribution in [2.75, 3.05) is 13.2 Å². The van der Waals surface area contributed by atoms with Gasteiger partial charge in [-0.15, -0.1) is 6.42 Å². The number of aliphatic hydroxyl groups is 1. The Morgan fingerprint density at radius 3 is 2.54 bits per heavy atom. The van der Waals surface area contributed by atoms with Gasteiger partial charge in [-0.05, 0) is 86.5 Å². The molecule has 3 saturated carbocycles. The highest BCUT2D eigenvalue weighted by molar-refractivity contribution is 5.96. The van der Waals surface area contributed by atoms with Gasteiger partial charge in [-0.1, -0.05) is 44.3 Å². The van der Waals surface area contributed by atoms with Gasteiger partial charge in [-0.25, -0.2) is 0 Å². The molecule has 0 aromatic rings. The second-order valence-corrected chi connectivity index (χ2v) is 12.8. The van der Waals surface area contributed by atoms with Crippen molar-refractivity contribution < 1.29 is 29.4 Å². The Bertz CT molecular complexity index is 1110. The quantitative estimate of drug-likeness (QED) is 0.275. The molecule has 0 spiro atoms. The van der Waals surface area contributed by atoms with Crippen LogP contribution in [0.2, 0.25) is 0 Å². The summed E-state index contributed by atoms with van der Waals surface area (Å²) in [5.74, 6) is 1.90. The molecule has 4 rings (SSSR count). The van der Waals surface area contributed by atoms with E-state index in [-0.39, 0.29) is 23.4 Å². The fourth-order valence-electron chi connectivity index (χ4n) is 8.09. The number of carboxylic acid groups (broad SMARTS) is 1. The number of hydrogen-bond acceptors (Lipinski definition) is 6. The first kappa shape index (κ1) is 29.1. The number of oxime groups is 1. The van der Waals surface area contributed by atoms with Crippen molar-refractivity contribution in [2.24, 2.45) is 39.7 Å². The van der Waals surface area contributed by atoms with Gasteiger partial charge in [0.1, 0.15) is 18.2 Å². The normalized spacial score (nSPS) is 37.0. The molecule has 214 valence electrons. The maximum absolute atomic E-state index is 12.4. The molecule has 9 nitrogen and oxygen atoms in total.